The Morgan fingerprint density at radius 2 is 2.06 bits per heavy atom. The zero-order valence-corrected chi connectivity index (χ0v) is 20.9. The second kappa shape index (κ2) is 9.75. The van der Waals surface area contributed by atoms with E-state index in [-0.39, 0.29) is 24.2 Å². The normalized spacial score (nSPS) is 19.6. The van der Waals surface area contributed by atoms with Gasteiger partial charge in [-0.3, -0.25) is 4.79 Å². The number of hydrogen-bond donors (Lipinski definition) is 1. The highest BCUT2D eigenvalue weighted by molar-refractivity contribution is 5.70. The molecule has 0 amide bonds. The summed E-state index contributed by atoms with van der Waals surface area (Å²) in [4.78, 5) is 16.6. The Labute approximate surface area is 210 Å². The number of carbonyl (C=O) groups excluding carboxylic acids is 1. The van der Waals surface area contributed by atoms with Gasteiger partial charge in [0, 0.05) is 23.7 Å². The number of fused-ring (bicyclic) bond motifs is 3. The van der Waals surface area contributed by atoms with Gasteiger partial charge >= 0.3 is 5.97 Å². The van der Waals surface area contributed by atoms with Gasteiger partial charge in [0.05, 0.1) is 24.2 Å². The summed E-state index contributed by atoms with van der Waals surface area (Å²) in [6.45, 7) is 8.13. The molecule has 1 saturated carbocycles. The Balaban J connectivity index is 1.35. The maximum Gasteiger partial charge on any atom is 0.307 e. The molecule has 0 saturated heterocycles. The molecule has 5 rings (SSSR count). The lowest BCUT2D eigenvalue weighted by atomic mass is 9.97. The van der Waals surface area contributed by atoms with Gasteiger partial charge in [0.2, 0.25) is 5.82 Å². The quantitative estimate of drug-likeness (QED) is 0.413. The van der Waals surface area contributed by atoms with Crippen LogP contribution >= 0.6 is 0 Å². The standard InChI is InChI=1S/C28H30N4O4/c1-15(2)34-23-9-8-17(12-18(23)14-29)28-31-27(32-36-28)20-7-5-6-19-25(20)21-13-22(21)26(19)30-11-10-24(33)35-16(3)4/h5-9,12,15-16,21-22,26,30H,10-11,13H2,1-4H3. The molecule has 186 valence electrons. The first-order valence-corrected chi connectivity index (χ1v) is 12.5. The van der Waals surface area contributed by atoms with Gasteiger partial charge in [0.15, 0.2) is 0 Å². The minimum atomic E-state index is -0.181. The topological polar surface area (TPSA) is 110 Å². The number of nitriles is 1. The van der Waals surface area contributed by atoms with Crippen molar-refractivity contribution in [1.29, 1.82) is 5.26 Å². The maximum absolute atomic E-state index is 11.9. The predicted octanol–water partition coefficient (Wildman–Crippen LogP) is 5.15. The number of hydrogen-bond acceptors (Lipinski definition) is 8. The molecule has 1 fully saturated rings. The van der Waals surface area contributed by atoms with Crippen molar-refractivity contribution >= 4 is 5.97 Å². The van der Waals surface area contributed by atoms with E-state index in [4.69, 9.17) is 14.0 Å². The van der Waals surface area contributed by atoms with Crippen LogP contribution in [0.2, 0.25) is 0 Å². The van der Waals surface area contributed by atoms with E-state index in [0.717, 1.165) is 12.0 Å². The average Bonchev–Trinajstić information content (AvgIpc) is 3.34. The largest absolute Gasteiger partial charge is 0.490 e. The van der Waals surface area contributed by atoms with Gasteiger partial charge in [0.1, 0.15) is 11.8 Å². The van der Waals surface area contributed by atoms with Crippen LogP contribution < -0.4 is 10.1 Å². The number of rotatable bonds is 9. The van der Waals surface area contributed by atoms with Crippen molar-refractivity contribution in [1.82, 2.24) is 15.5 Å². The van der Waals surface area contributed by atoms with Gasteiger partial charge in [-0.05, 0) is 75.3 Å². The second-order valence-corrected chi connectivity index (χ2v) is 9.95. The van der Waals surface area contributed by atoms with Gasteiger partial charge < -0.3 is 19.3 Å². The smallest absolute Gasteiger partial charge is 0.307 e. The number of benzene rings is 2. The second-order valence-electron chi connectivity index (χ2n) is 9.95. The highest BCUT2D eigenvalue weighted by atomic mass is 16.5. The summed E-state index contributed by atoms with van der Waals surface area (Å²) >= 11 is 0. The predicted molar refractivity (Wildman–Crippen MR) is 133 cm³/mol. The molecule has 0 spiro atoms. The molecule has 2 aromatic carbocycles. The Hall–Kier alpha value is -3.70. The van der Waals surface area contributed by atoms with Gasteiger partial charge in [0.25, 0.3) is 5.89 Å². The van der Waals surface area contributed by atoms with Crippen LogP contribution in [0.25, 0.3) is 22.8 Å². The fourth-order valence-electron chi connectivity index (χ4n) is 5.08. The number of nitrogens with one attached hydrogen (secondary N) is 1. The summed E-state index contributed by atoms with van der Waals surface area (Å²) in [7, 11) is 0. The Bertz CT molecular complexity index is 1320. The van der Waals surface area contributed by atoms with Crippen LogP contribution in [0.5, 0.6) is 5.75 Å². The summed E-state index contributed by atoms with van der Waals surface area (Å²) < 4.78 is 16.6. The molecule has 0 aliphatic heterocycles. The highest BCUT2D eigenvalue weighted by Crippen LogP contribution is 2.63. The molecule has 8 nitrogen and oxygen atoms in total. The summed E-state index contributed by atoms with van der Waals surface area (Å²) in [6.07, 6.45) is 1.32. The van der Waals surface area contributed by atoms with E-state index in [1.807, 2.05) is 45.9 Å². The molecule has 8 heteroatoms. The first-order valence-electron chi connectivity index (χ1n) is 12.5. The summed E-state index contributed by atoms with van der Waals surface area (Å²) in [5.41, 5.74) is 4.56. The van der Waals surface area contributed by atoms with Gasteiger partial charge in [-0.25, -0.2) is 0 Å². The van der Waals surface area contributed by atoms with Crippen molar-refractivity contribution in [3.05, 3.63) is 53.1 Å². The number of esters is 1. The minimum absolute atomic E-state index is 0.0310. The molecule has 3 unspecified atom stereocenters. The zero-order valence-electron chi connectivity index (χ0n) is 20.9. The molecule has 1 N–H and O–H groups in total. The van der Waals surface area contributed by atoms with Crippen molar-refractivity contribution in [2.24, 2.45) is 5.92 Å². The van der Waals surface area contributed by atoms with E-state index in [9.17, 15) is 10.1 Å². The first-order chi connectivity index (χ1) is 17.4. The third-order valence-electron chi connectivity index (χ3n) is 6.55. The molecule has 1 aromatic heterocycles. The van der Waals surface area contributed by atoms with E-state index in [1.54, 1.807) is 12.1 Å². The molecule has 2 aliphatic carbocycles. The Morgan fingerprint density at radius 1 is 1.22 bits per heavy atom. The molecule has 36 heavy (non-hydrogen) atoms. The minimum Gasteiger partial charge on any atom is -0.490 e. The number of nitrogens with zero attached hydrogens (tertiary/aromatic N) is 3. The Morgan fingerprint density at radius 3 is 2.81 bits per heavy atom. The number of ether oxygens (including phenoxy) is 2. The van der Waals surface area contributed by atoms with Crippen LogP contribution in [0, 0.1) is 17.2 Å². The van der Waals surface area contributed by atoms with Crippen LogP contribution in [0.1, 0.15) is 69.2 Å². The highest BCUT2D eigenvalue weighted by Gasteiger charge is 2.53. The van der Waals surface area contributed by atoms with Crippen molar-refractivity contribution in [2.45, 2.75) is 64.7 Å². The van der Waals surface area contributed by atoms with E-state index >= 15 is 0 Å². The molecular formula is C28H30N4O4. The SMILES string of the molecule is CC(C)OC(=O)CCNC1c2cccc(-c3noc(-c4ccc(OC(C)C)c(C#N)c4)n3)c2C2CC21. The fraction of sp³-hybridized carbons (Fsp3) is 0.429. The molecule has 2 aliphatic rings. The monoisotopic (exact) mass is 486 g/mol. The van der Waals surface area contributed by atoms with Crippen molar-refractivity contribution < 1.29 is 18.8 Å². The zero-order chi connectivity index (χ0) is 25.4. The third kappa shape index (κ3) is 4.71. The lowest BCUT2D eigenvalue weighted by molar-refractivity contribution is -0.147. The van der Waals surface area contributed by atoms with Gasteiger partial charge in [-0.1, -0.05) is 23.4 Å². The van der Waals surface area contributed by atoms with Gasteiger partial charge in [-0.15, -0.1) is 0 Å². The van der Waals surface area contributed by atoms with Crippen molar-refractivity contribution in [3.8, 4) is 34.7 Å². The fourth-order valence-corrected chi connectivity index (χ4v) is 5.08. The van der Waals surface area contributed by atoms with E-state index in [2.05, 4.69) is 27.6 Å². The molecular weight excluding hydrogens is 456 g/mol. The lowest BCUT2D eigenvalue weighted by Crippen LogP contribution is -2.26. The van der Waals surface area contributed by atoms with E-state index in [0.29, 0.717) is 53.4 Å². The maximum atomic E-state index is 11.9. The van der Waals surface area contributed by atoms with Crippen LogP contribution in [0.15, 0.2) is 40.9 Å². The lowest BCUT2D eigenvalue weighted by Gasteiger charge is -2.18. The third-order valence-corrected chi connectivity index (χ3v) is 6.55. The molecule has 3 aromatic rings. The van der Waals surface area contributed by atoms with Crippen LogP contribution in [0.3, 0.4) is 0 Å². The molecule has 0 radical (unpaired) electrons. The van der Waals surface area contributed by atoms with Crippen molar-refractivity contribution in [2.75, 3.05) is 6.54 Å². The summed E-state index contributed by atoms with van der Waals surface area (Å²) in [5, 5.41) is 17.4. The summed E-state index contributed by atoms with van der Waals surface area (Å²) in [5.74, 6) is 2.22. The number of aromatic nitrogens is 2. The van der Waals surface area contributed by atoms with Crippen LogP contribution in [0.4, 0.5) is 0 Å². The first kappa shape index (κ1) is 24.0. The summed E-state index contributed by atoms with van der Waals surface area (Å²) in [6, 6.07) is 13.9. The van der Waals surface area contributed by atoms with Gasteiger partial charge in [-0.2, -0.15) is 10.2 Å². The van der Waals surface area contributed by atoms with Crippen LogP contribution in [-0.2, 0) is 9.53 Å². The Kier molecular flexibility index (Phi) is 6.50. The number of carbonyl (C=O) groups is 1. The molecule has 0 bridgehead atoms. The van der Waals surface area contributed by atoms with Crippen molar-refractivity contribution in [3.63, 3.8) is 0 Å². The van der Waals surface area contributed by atoms with Crippen LogP contribution in [-0.4, -0.2) is 34.9 Å². The average molecular weight is 487 g/mol. The molecule has 1 heterocycles. The van der Waals surface area contributed by atoms with E-state index < -0.39 is 0 Å². The van der Waals surface area contributed by atoms with E-state index in [1.165, 1.54) is 11.1 Å². The molecule has 3 atom stereocenters.